The van der Waals surface area contributed by atoms with Crippen LogP contribution in [0.25, 0.3) is 65.7 Å². The van der Waals surface area contributed by atoms with Crippen LogP contribution in [-0.2, 0) is 5.41 Å². The fraction of sp³-hybridized carbons (Fsp3) is 0.0204. The summed E-state index contributed by atoms with van der Waals surface area (Å²) in [6.45, 7) is 0. The Bertz CT molecular complexity index is 2810. The van der Waals surface area contributed by atoms with Gasteiger partial charge in [0, 0.05) is 16.8 Å². The molecule has 0 bridgehead atoms. The third kappa shape index (κ3) is 3.71. The fourth-order valence-corrected chi connectivity index (χ4v) is 9.33. The summed E-state index contributed by atoms with van der Waals surface area (Å²) in [5, 5.41) is 7.43. The number of hydrogen-bond donors (Lipinski definition) is 1. The topological polar surface area (TPSA) is 35.2 Å². The molecule has 1 aliphatic heterocycles. The summed E-state index contributed by atoms with van der Waals surface area (Å²) in [5.41, 5.74) is 18.9. The monoisotopic (exact) mass is 649 g/mol. The van der Waals surface area contributed by atoms with Crippen LogP contribution in [0, 0.1) is 0 Å². The average molecular weight is 650 g/mol. The van der Waals surface area contributed by atoms with Gasteiger partial charge >= 0.3 is 0 Å². The lowest BCUT2D eigenvalue weighted by Gasteiger charge is -2.39. The number of ether oxygens (including phenoxy) is 1. The van der Waals surface area contributed by atoms with E-state index in [4.69, 9.17) is 10.5 Å². The number of benzene rings is 9. The molecule has 51 heavy (non-hydrogen) atoms. The first-order valence-corrected chi connectivity index (χ1v) is 17.6. The molecule has 2 aliphatic rings. The van der Waals surface area contributed by atoms with E-state index < -0.39 is 5.41 Å². The normalized spacial score (nSPS) is 13.5. The van der Waals surface area contributed by atoms with E-state index in [0.29, 0.717) is 0 Å². The lowest BCUT2D eigenvalue weighted by atomic mass is 9.66. The molecule has 2 heteroatoms. The molecule has 238 valence electrons. The van der Waals surface area contributed by atoms with Crippen LogP contribution in [0.1, 0.15) is 22.3 Å². The van der Waals surface area contributed by atoms with E-state index in [1.165, 1.54) is 76.8 Å². The van der Waals surface area contributed by atoms with Crippen molar-refractivity contribution in [2.24, 2.45) is 0 Å². The van der Waals surface area contributed by atoms with Crippen LogP contribution >= 0.6 is 0 Å². The zero-order chi connectivity index (χ0) is 33.7. The van der Waals surface area contributed by atoms with Crippen molar-refractivity contribution in [1.82, 2.24) is 0 Å². The van der Waals surface area contributed by atoms with Gasteiger partial charge in [0.05, 0.1) is 5.41 Å². The molecule has 0 unspecified atom stereocenters. The lowest BCUT2D eigenvalue weighted by Crippen LogP contribution is -2.32. The average Bonchev–Trinajstić information content (AvgIpc) is 3.47. The van der Waals surface area contributed by atoms with Crippen molar-refractivity contribution in [3.63, 3.8) is 0 Å². The second-order valence-electron chi connectivity index (χ2n) is 13.7. The van der Waals surface area contributed by atoms with Crippen molar-refractivity contribution in [3.8, 4) is 44.9 Å². The Hall–Kier alpha value is -6.64. The molecule has 11 rings (SSSR count). The molecule has 0 saturated heterocycles. The van der Waals surface area contributed by atoms with E-state index in [2.05, 4.69) is 176 Å². The Kier molecular flexibility index (Phi) is 5.77. The summed E-state index contributed by atoms with van der Waals surface area (Å²) < 4.78 is 6.61. The minimum absolute atomic E-state index is 0.575. The third-order valence-corrected chi connectivity index (χ3v) is 11.2. The molecule has 1 heterocycles. The van der Waals surface area contributed by atoms with Crippen LogP contribution in [0.4, 0.5) is 5.69 Å². The molecule has 1 aliphatic carbocycles. The van der Waals surface area contributed by atoms with Crippen LogP contribution < -0.4 is 10.5 Å². The number of rotatable bonds is 2. The van der Waals surface area contributed by atoms with Crippen molar-refractivity contribution < 1.29 is 4.74 Å². The molecule has 0 fully saturated rings. The van der Waals surface area contributed by atoms with Gasteiger partial charge in [-0.25, -0.2) is 0 Å². The maximum atomic E-state index is 6.67. The Morgan fingerprint density at radius 2 is 0.843 bits per heavy atom. The minimum atomic E-state index is -0.575. The van der Waals surface area contributed by atoms with Gasteiger partial charge in [-0.05, 0) is 101 Å². The van der Waals surface area contributed by atoms with Crippen molar-refractivity contribution in [3.05, 3.63) is 198 Å². The molecule has 0 saturated carbocycles. The van der Waals surface area contributed by atoms with Crippen LogP contribution in [0.2, 0.25) is 0 Å². The summed E-state index contributed by atoms with van der Waals surface area (Å²) in [4.78, 5) is 0. The van der Waals surface area contributed by atoms with Gasteiger partial charge in [0.25, 0.3) is 0 Å². The number of anilines is 1. The van der Waals surface area contributed by atoms with Crippen molar-refractivity contribution in [1.29, 1.82) is 0 Å². The number of nitrogens with two attached hydrogens (primary N) is 1. The highest BCUT2D eigenvalue weighted by molar-refractivity contribution is 6.24. The quantitative estimate of drug-likeness (QED) is 0.149. The van der Waals surface area contributed by atoms with E-state index in [0.717, 1.165) is 28.3 Å². The first kappa shape index (κ1) is 28.2. The standard InChI is InChI=1S/C49H31NO/c50-31-27-28-40-39(29-31)48-38(21-12-24-43(48)49(40)41-22-7-9-25-44(41)51-45-26-10-8-23-42(45)49)47-36-18-5-3-16-34(36)46(35-17-4-6-19-37(35)47)33-20-11-14-30-13-1-2-15-32(30)33/h1-29H,50H2. The molecule has 9 aromatic rings. The van der Waals surface area contributed by atoms with E-state index in [-0.39, 0.29) is 0 Å². The third-order valence-electron chi connectivity index (χ3n) is 11.2. The zero-order valence-electron chi connectivity index (χ0n) is 27.7. The van der Waals surface area contributed by atoms with Gasteiger partial charge in [-0.3, -0.25) is 0 Å². The summed E-state index contributed by atoms with van der Waals surface area (Å²) in [6.07, 6.45) is 0. The maximum absolute atomic E-state index is 6.67. The summed E-state index contributed by atoms with van der Waals surface area (Å²) >= 11 is 0. The van der Waals surface area contributed by atoms with E-state index >= 15 is 0 Å². The minimum Gasteiger partial charge on any atom is -0.457 e. The molecule has 1 spiro atoms. The van der Waals surface area contributed by atoms with Crippen LogP contribution in [0.5, 0.6) is 11.5 Å². The van der Waals surface area contributed by atoms with Gasteiger partial charge in [0.15, 0.2) is 0 Å². The second-order valence-corrected chi connectivity index (χ2v) is 13.7. The van der Waals surface area contributed by atoms with Crippen LogP contribution in [-0.4, -0.2) is 0 Å². The molecule has 2 N–H and O–H groups in total. The number of para-hydroxylation sites is 2. The predicted octanol–water partition coefficient (Wildman–Crippen LogP) is 12.5. The predicted molar refractivity (Wildman–Crippen MR) is 212 cm³/mol. The molecule has 2 nitrogen and oxygen atoms in total. The van der Waals surface area contributed by atoms with Crippen molar-refractivity contribution in [2.75, 3.05) is 5.73 Å². The molecule has 9 aromatic carbocycles. The SMILES string of the molecule is Nc1ccc2c(c1)-c1c(-c3c4ccccc4c(-c4cccc5ccccc45)c4ccccc34)cccc1C21c2ccccc2Oc2ccccc21. The lowest BCUT2D eigenvalue weighted by molar-refractivity contribution is 0.436. The first-order chi connectivity index (χ1) is 25.2. The Morgan fingerprint density at radius 3 is 1.51 bits per heavy atom. The highest BCUT2D eigenvalue weighted by Crippen LogP contribution is 2.64. The number of hydrogen-bond acceptors (Lipinski definition) is 2. The Labute approximate surface area is 296 Å². The molecule has 0 aromatic heterocycles. The van der Waals surface area contributed by atoms with Crippen LogP contribution in [0.15, 0.2) is 176 Å². The largest absolute Gasteiger partial charge is 0.457 e. The van der Waals surface area contributed by atoms with Gasteiger partial charge in [0.2, 0.25) is 0 Å². The molecular weight excluding hydrogens is 619 g/mol. The van der Waals surface area contributed by atoms with Crippen LogP contribution in [0.3, 0.4) is 0 Å². The van der Waals surface area contributed by atoms with Crippen molar-refractivity contribution >= 4 is 38.0 Å². The smallest absolute Gasteiger partial charge is 0.132 e. The van der Waals surface area contributed by atoms with Gasteiger partial charge < -0.3 is 10.5 Å². The van der Waals surface area contributed by atoms with E-state index in [1.807, 2.05) is 0 Å². The van der Waals surface area contributed by atoms with E-state index in [9.17, 15) is 0 Å². The number of fused-ring (bicyclic) bond motifs is 12. The van der Waals surface area contributed by atoms with Gasteiger partial charge in [0.1, 0.15) is 11.5 Å². The zero-order valence-corrected chi connectivity index (χ0v) is 27.7. The van der Waals surface area contributed by atoms with Gasteiger partial charge in [-0.2, -0.15) is 0 Å². The Morgan fingerprint density at radius 1 is 0.353 bits per heavy atom. The maximum Gasteiger partial charge on any atom is 0.132 e. The molecular formula is C49H31NO. The summed E-state index contributed by atoms with van der Waals surface area (Å²) in [6, 6.07) is 63.7. The van der Waals surface area contributed by atoms with E-state index in [1.54, 1.807) is 0 Å². The first-order valence-electron chi connectivity index (χ1n) is 17.6. The molecule has 0 radical (unpaired) electrons. The number of nitrogen functional groups attached to an aromatic ring is 1. The highest BCUT2D eigenvalue weighted by atomic mass is 16.5. The summed E-state index contributed by atoms with van der Waals surface area (Å²) in [7, 11) is 0. The van der Waals surface area contributed by atoms with Gasteiger partial charge in [-0.15, -0.1) is 0 Å². The molecule has 0 atom stereocenters. The Balaban J connectivity index is 1.30. The highest BCUT2D eigenvalue weighted by Gasteiger charge is 2.51. The second kappa shape index (κ2) is 10.4. The van der Waals surface area contributed by atoms with Crippen molar-refractivity contribution in [2.45, 2.75) is 5.41 Å². The summed E-state index contributed by atoms with van der Waals surface area (Å²) in [5.74, 6) is 1.76. The fourth-order valence-electron chi connectivity index (χ4n) is 9.33. The molecule has 0 amide bonds. The van der Waals surface area contributed by atoms with Gasteiger partial charge in [-0.1, -0.05) is 152 Å².